The van der Waals surface area contributed by atoms with Gasteiger partial charge in [0.25, 0.3) is 5.69 Å². The summed E-state index contributed by atoms with van der Waals surface area (Å²) in [6.45, 7) is 8.86. The van der Waals surface area contributed by atoms with E-state index in [4.69, 9.17) is 4.74 Å². The molecule has 0 bridgehead atoms. The fourth-order valence-corrected chi connectivity index (χ4v) is 4.83. The molecular weight excluding hydrogens is 376 g/mol. The quantitative estimate of drug-likeness (QED) is 0.327. The second-order valence-corrected chi connectivity index (χ2v) is 9.09. The molecule has 1 aliphatic rings. The third-order valence-corrected chi connectivity index (χ3v) is 6.30. The molecule has 1 aliphatic heterocycles. The van der Waals surface area contributed by atoms with E-state index in [0.717, 1.165) is 42.9 Å². The summed E-state index contributed by atoms with van der Waals surface area (Å²) in [6, 6.07) is 5.80. The fraction of sp³-hybridized carbons (Fsp3) is 0.667. The number of esters is 1. The molecule has 6 nitrogen and oxygen atoms in total. The lowest BCUT2D eigenvalue weighted by atomic mass is 9.81. The molecule has 1 aromatic rings. The summed E-state index contributed by atoms with van der Waals surface area (Å²) in [5, 5.41) is 11.9. The van der Waals surface area contributed by atoms with E-state index < -0.39 is 5.41 Å². The van der Waals surface area contributed by atoms with E-state index in [1.165, 1.54) is 0 Å². The third kappa shape index (κ3) is 5.63. The molecule has 2 rings (SSSR count). The summed E-state index contributed by atoms with van der Waals surface area (Å²) in [6.07, 6.45) is 3.24. The first-order valence-corrected chi connectivity index (χ1v) is 11.2. The standard InChI is InChI=1S/C21H32N2O4S/c1-5-11-22(17-9-12-28-13-10-17)18-8-7-16(14-19(18)23(25)26)21(3,4)15-20(24)27-6-2/h7-8,14,17H,5-6,9-13,15H2,1-4H3. The van der Waals surface area contributed by atoms with Gasteiger partial charge in [-0.05, 0) is 49.3 Å². The Morgan fingerprint density at radius 2 is 2.00 bits per heavy atom. The summed E-state index contributed by atoms with van der Waals surface area (Å²) >= 11 is 1.95. The van der Waals surface area contributed by atoms with Crippen LogP contribution in [0.5, 0.6) is 0 Å². The van der Waals surface area contributed by atoms with Crippen LogP contribution in [0.3, 0.4) is 0 Å². The third-order valence-electron chi connectivity index (χ3n) is 5.25. The summed E-state index contributed by atoms with van der Waals surface area (Å²) < 4.78 is 5.07. The van der Waals surface area contributed by atoms with Crippen molar-refractivity contribution in [2.45, 2.75) is 64.8 Å². The van der Waals surface area contributed by atoms with Crippen molar-refractivity contribution in [3.63, 3.8) is 0 Å². The molecule has 1 saturated heterocycles. The molecule has 0 spiro atoms. The summed E-state index contributed by atoms with van der Waals surface area (Å²) in [5.41, 5.74) is 1.07. The number of nitro groups is 1. The highest BCUT2D eigenvalue weighted by molar-refractivity contribution is 7.99. The average molecular weight is 409 g/mol. The number of carbonyl (C=O) groups is 1. The normalized spacial score (nSPS) is 15.3. The van der Waals surface area contributed by atoms with Crippen LogP contribution in [0.1, 0.15) is 58.9 Å². The van der Waals surface area contributed by atoms with Crippen molar-refractivity contribution in [3.05, 3.63) is 33.9 Å². The van der Waals surface area contributed by atoms with Crippen LogP contribution in [0.2, 0.25) is 0 Å². The Balaban J connectivity index is 2.37. The van der Waals surface area contributed by atoms with Crippen molar-refractivity contribution in [1.82, 2.24) is 0 Å². The van der Waals surface area contributed by atoms with E-state index >= 15 is 0 Å². The predicted octanol–water partition coefficient (Wildman–Crippen LogP) is 4.94. The minimum Gasteiger partial charge on any atom is -0.466 e. The number of thioether (sulfide) groups is 1. The van der Waals surface area contributed by atoms with Gasteiger partial charge < -0.3 is 9.64 Å². The number of ether oxygens (including phenoxy) is 1. The number of carbonyl (C=O) groups excluding carboxylic acids is 1. The Hall–Kier alpha value is -1.76. The van der Waals surface area contributed by atoms with E-state index in [0.29, 0.717) is 18.3 Å². The summed E-state index contributed by atoms with van der Waals surface area (Å²) in [7, 11) is 0. The molecule has 28 heavy (non-hydrogen) atoms. The highest BCUT2D eigenvalue weighted by atomic mass is 32.2. The molecule has 0 amide bonds. The highest BCUT2D eigenvalue weighted by Crippen LogP contribution is 2.38. The van der Waals surface area contributed by atoms with Crippen molar-refractivity contribution >= 4 is 29.1 Å². The minimum atomic E-state index is -0.535. The van der Waals surface area contributed by atoms with Crippen LogP contribution in [-0.4, -0.2) is 41.6 Å². The number of anilines is 1. The van der Waals surface area contributed by atoms with Crippen molar-refractivity contribution < 1.29 is 14.5 Å². The molecule has 0 aliphatic carbocycles. The van der Waals surface area contributed by atoms with Gasteiger partial charge in [-0.25, -0.2) is 0 Å². The second-order valence-electron chi connectivity index (χ2n) is 7.86. The zero-order valence-electron chi connectivity index (χ0n) is 17.4. The largest absolute Gasteiger partial charge is 0.466 e. The van der Waals surface area contributed by atoms with Crippen LogP contribution < -0.4 is 4.90 Å². The van der Waals surface area contributed by atoms with Crippen LogP contribution in [-0.2, 0) is 14.9 Å². The number of rotatable bonds is 9. The van der Waals surface area contributed by atoms with Crippen LogP contribution in [0.4, 0.5) is 11.4 Å². The molecule has 0 atom stereocenters. The van der Waals surface area contributed by atoms with E-state index in [9.17, 15) is 14.9 Å². The Labute approximate surface area is 172 Å². The highest BCUT2D eigenvalue weighted by Gasteiger charge is 2.31. The van der Waals surface area contributed by atoms with E-state index in [1.54, 1.807) is 13.0 Å². The monoisotopic (exact) mass is 408 g/mol. The van der Waals surface area contributed by atoms with Gasteiger partial charge in [0.05, 0.1) is 18.0 Å². The zero-order valence-corrected chi connectivity index (χ0v) is 18.2. The fourth-order valence-electron chi connectivity index (χ4n) is 3.75. The first-order chi connectivity index (χ1) is 13.3. The van der Waals surface area contributed by atoms with Gasteiger partial charge in [-0.15, -0.1) is 0 Å². The van der Waals surface area contributed by atoms with Gasteiger partial charge in [-0.1, -0.05) is 26.8 Å². The van der Waals surface area contributed by atoms with Crippen LogP contribution in [0, 0.1) is 10.1 Å². The molecular formula is C21H32N2O4S. The molecule has 0 unspecified atom stereocenters. The number of hydrogen-bond acceptors (Lipinski definition) is 6. The van der Waals surface area contributed by atoms with Crippen molar-refractivity contribution in [2.75, 3.05) is 29.6 Å². The van der Waals surface area contributed by atoms with Gasteiger partial charge in [-0.2, -0.15) is 11.8 Å². The van der Waals surface area contributed by atoms with Gasteiger partial charge in [0.15, 0.2) is 0 Å². The zero-order chi connectivity index (χ0) is 20.7. The van der Waals surface area contributed by atoms with Gasteiger partial charge in [-0.3, -0.25) is 14.9 Å². The smallest absolute Gasteiger partial charge is 0.306 e. The van der Waals surface area contributed by atoms with E-state index in [2.05, 4.69) is 11.8 Å². The van der Waals surface area contributed by atoms with Gasteiger partial charge in [0.1, 0.15) is 5.69 Å². The molecule has 0 aromatic heterocycles. The maximum absolute atomic E-state index is 12.0. The van der Waals surface area contributed by atoms with Gasteiger partial charge >= 0.3 is 5.97 Å². The molecule has 0 radical (unpaired) electrons. The summed E-state index contributed by atoms with van der Waals surface area (Å²) in [5.74, 6) is 1.92. The minimum absolute atomic E-state index is 0.126. The molecule has 0 saturated carbocycles. The topological polar surface area (TPSA) is 72.7 Å². The van der Waals surface area contributed by atoms with E-state index in [1.807, 2.05) is 37.7 Å². The second kappa shape index (κ2) is 10.1. The maximum Gasteiger partial charge on any atom is 0.306 e. The molecule has 1 heterocycles. The Kier molecular flexibility index (Phi) is 8.16. The number of hydrogen-bond donors (Lipinski definition) is 0. The first kappa shape index (κ1) is 22.5. The number of nitrogens with zero attached hydrogens (tertiary/aromatic N) is 2. The lowest BCUT2D eigenvalue weighted by Crippen LogP contribution is -2.39. The van der Waals surface area contributed by atoms with Crippen molar-refractivity contribution in [1.29, 1.82) is 0 Å². The Bertz CT molecular complexity index is 687. The number of nitro benzene ring substituents is 1. The molecule has 1 fully saturated rings. The van der Waals surface area contributed by atoms with Gasteiger partial charge in [0, 0.05) is 24.1 Å². The van der Waals surface area contributed by atoms with Gasteiger partial charge in [0.2, 0.25) is 0 Å². The van der Waals surface area contributed by atoms with Crippen LogP contribution >= 0.6 is 11.8 Å². The molecule has 7 heteroatoms. The van der Waals surface area contributed by atoms with Crippen molar-refractivity contribution in [3.8, 4) is 0 Å². The predicted molar refractivity (Wildman–Crippen MR) is 115 cm³/mol. The molecule has 0 N–H and O–H groups in total. The molecule has 156 valence electrons. The first-order valence-electron chi connectivity index (χ1n) is 10.1. The lowest BCUT2D eigenvalue weighted by molar-refractivity contribution is -0.384. The Morgan fingerprint density at radius 3 is 2.57 bits per heavy atom. The Morgan fingerprint density at radius 1 is 1.32 bits per heavy atom. The average Bonchev–Trinajstić information content (AvgIpc) is 2.66. The lowest BCUT2D eigenvalue weighted by Gasteiger charge is -2.36. The van der Waals surface area contributed by atoms with Crippen LogP contribution in [0.25, 0.3) is 0 Å². The SMILES string of the molecule is CCCN(c1ccc(C(C)(C)CC(=O)OCC)cc1[N+](=O)[O-])C1CCSCC1. The van der Waals surface area contributed by atoms with Crippen molar-refractivity contribution in [2.24, 2.45) is 0 Å². The molecule has 1 aromatic carbocycles. The van der Waals surface area contributed by atoms with Crippen LogP contribution in [0.15, 0.2) is 18.2 Å². The van der Waals surface area contributed by atoms with E-state index in [-0.39, 0.29) is 23.0 Å². The maximum atomic E-state index is 12.0. The summed E-state index contributed by atoms with van der Waals surface area (Å²) in [4.78, 5) is 25.8. The number of benzene rings is 1.